The molecule has 0 spiro atoms. The Bertz CT molecular complexity index is 885. The van der Waals surface area contributed by atoms with Crippen LogP contribution in [-0.2, 0) is 0 Å². The van der Waals surface area contributed by atoms with Crippen LogP contribution in [0.15, 0.2) is 36.4 Å². The molecule has 8 heteroatoms. The van der Waals surface area contributed by atoms with Gasteiger partial charge in [0.1, 0.15) is 0 Å². The van der Waals surface area contributed by atoms with Crippen molar-refractivity contribution in [3.05, 3.63) is 62.6 Å². The quantitative estimate of drug-likeness (QED) is 0.769. The number of hydrogen-bond acceptors (Lipinski definition) is 3. The zero-order chi connectivity index (χ0) is 19.1. The molecule has 0 radical (unpaired) electrons. The van der Waals surface area contributed by atoms with Gasteiger partial charge in [-0.05, 0) is 30.3 Å². The second-order valence-electron chi connectivity index (χ2n) is 6.73. The Labute approximate surface area is 172 Å². The molecule has 27 heavy (non-hydrogen) atoms. The van der Waals surface area contributed by atoms with Gasteiger partial charge < -0.3 is 9.80 Å². The van der Waals surface area contributed by atoms with Crippen molar-refractivity contribution in [2.75, 3.05) is 37.7 Å². The lowest BCUT2D eigenvalue weighted by molar-refractivity contribution is -0.907. The maximum atomic E-state index is 12.6. The average molecular weight is 426 g/mol. The number of nitrogens with zero attached hydrogens (tertiary/aromatic N) is 2. The van der Waals surface area contributed by atoms with Gasteiger partial charge in [-0.3, -0.25) is 9.59 Å². The van der Waals surface area contributed by atoms with Crippen molar-refractivity contribution in [2.24, 2.45) is 0 Å². The SMILES string of the molecule is O=C1c2cc(Cl)c(Cl)cc2C(=O)N1C[NH+]1CCN(c2cccc(Cl)c2)CC1. The fourth-order valence-electron chi connectivity index (χ4n) is 3.56. The van der Waals surface area contributed by atoms with Crippen LogP contribution in [0.25, 0.3) is 0 Å². The summed E-state index contributed by atoms with van der Waals surface area (Å²) in [6, 6.07) is 10.7. The van der Waals surface area contributed by atoms with Crippen molar-refractivity contribution >= 4 is 52.3 Å². The molecule has 0 bridgehead atoms. The zero-order valence-corrected chi connectivity index (χ0v) is 16.6. The summed E-state index contributed by atoms with van der Waals surface area (Å²) in [4.78, 5) is 30.0. The Morgan fingerprint density at radius 2 is 1.48 bits per heavy atom. The third-order valence-corrected chi connectivity index (χ3v) is 5.99. The summed E-state index contributed by atoms with van der Waals surface area (Å²) in [5.41, 5.74) is 1.74. The van der Waals surface area contributed by atoms with E-state index in [9.17, 15) is 9.59 Å². The van der Waals surface area contributed by atoms with E-state index in [1.54, 1.807) is 0 Å². The van der Waals surface area contributed by atoms with Crippen LogP contribution < -0.4 is 9.80 Å². The Morgan fingerprint density at radius 3 is 2.04 bits per heavy atom. The van der Waals surface area contributed by atoms with Gasteiger partial charge in [0.05, 0.1) is 47.4 Å². The van der Waals surface area contributed by atoms with E-state index >= 15 is 0 Å². The molecule has 1 N–H and O–H groups in total. The first-order chi connectivity index (χ1) is 12.9. The lowest BCUT2D eigenvalue weighted by Gasteiger charge is -2.34. The molecule has 140 valence electrons. The van der Waals surface area contributed by atoms with Crippen LogP contribution in [-0.4, -0.2) is 49.6 Å². The predicted molar refractivity (Wildman–Crippen MR) is 106 cm³/mol. The normalized spacial score (nSPS) is 17.6. The first-order valence-corrected chi connectivity index (χ1v) is 9.77. The number of amides is 2. The van der Waals surface area contributed by atoms with E-state index in [0.717, 1.165) is 31.9 Å². The maximum absolute atomic E-state index is 12.6. The molecule has 0 unspecified atom stereocenters. The number of hydrogen-bond donors (Lipinski definition) is 1. The molecule has 2 aromatic carbocycles. The lowest BCUT2D eigenvalue weighted by Crippen LogP contribution is -3.16. The predicted octanol–water partition coefficient (Wildman–Crippen LogP) is 2.61. The highest BCUT2D eigenvalue weighted by atomic mass is 35.5. The molecule has 0 saturated carbocycles. The first kappa shape index (κ1) is 18.6. The van der Waals surface area contributed by atoms with Crippen molar-refractivity contribution in [3.63, 3.8) is 0 Å². The van der Waals surface area contributed by atoms with Crippen LogP contribution in [0.4, 0.5) is 5.69 Å². The number of benzene rings is 2. The van der Waals surface area contributed by atoms with E-state index in [2.05, 4.69) is 4.90 Å². The molecule has 0 aliphatic carbocycles. The minimum atomic E-state index is -0.307. The summed E-state index contributed by atoms with van der Waals surface area (Å²) in [6.07, 6.45) is 0. The molecule has 2 aliphatic rings. The van der Waals surface area contributed by atoms with Crippen molar-refractivity contribution in [1.82, 2.24) is 4.90 Å². The van der Waals surface area contributed by atoms with E-state index in [4.69, 9.17) is 34.8 Å². The van der Waals surface area contributed by atoms with E-state index in [0.29, 0.717) is 22.8 Å². The highest BCUT2D eigenvalue weighted by Crippen LogP contribution is 2.31. The highest BCUT2D eigenvalue weighted by molar-refractivity contribution is 6.43. The van der Waals surface area contributed by atoms with Crippen molar-refractivity contribution in [2.45, 2.75) is 0 Å². The number of carbonyl (C=O) groups excluding carboxylic acids is 2. The second-order valence-corrected chi connectivity index (χ2v) is 7.98. The number of halogens is 3. The van der Waals surface area contributed by atoms with Gasteiger partial charge in [-0.25, -0.2) is 4.90 Å². The largest absolute Gasteiger partial charge is 0.360 e. The van der Waals surface area contributed by atoms with Gasteiger partial charge in [-0.2, -0.15) is 0 Å². The second kappa shape index (κ2) is 7.32. The molecule has 2 amide bonds. The maximum Gasteiger partial charge on any atom is 0.266 e. The number of anilines is 1. The van der Waals surface area contributed by atoms with Crippen LogP contribution in [0.3, 0.4) is 0 Å². The number of carbonyl (C=O) groups is 2. The smallest absolute Gasteiger partial charge is 0.266 e. The monoisotopic (exact) mass is 424 g/mol. The van der Waals surface area contributed by atoms with E-state index in [-0.39, 0.29) is 21.9 Å². The number of piperazine rings is 1. The van der Waals surface area contributed by atoms with Gasteiger partial charge in [0.25, 0.3) is 11.8 Å². The minimum Gasteiger partial charge on any atom is -0.360 e. The van der Waals surface area contributed by atoms with Crippen molar-refractivity contribution in [1.29, 1.82) is 0 Å². The third-order valence-electron chi connectivity index (χ3n) is 5.04. The van der Waals surface area contributed by atoms with E-state index in [1.807, 2.05) is 24.3 Å². The van der Waals surface area contributed by atoms with Gasteiger partial charge in [0.15, 0.2) is 6.67 Å². The summed E-state index contributed by atoms with van der Waals surface area (Å²) in [7, 11) is 0. The van der Waals surface area contributed by atoms with Crippen LogP contribution in [0.1, 0.15) is 20.7 Å². The Kier molecular flexibility index (Phi) is 5.03. The lowest BCUT2D eigenvalue weighted by atomic mass is 10.1. The number of fused-ring (bicyclic) bond motifs is 1. The highest BCUT2D eigenvalue weighted by Gasteiger charge is 2.39. The first-order valence-electron chi connectivity index (χ1n) is 8.63. The molecule has 0 aromatic heterocycles. The van der Waals surface area contributed by atoms with E-state index in [1.165, 1.54) is 21.9 Å². The zero-order valence-electron chi connectivity index (χ0n) is 14.3. The fraction of sp³-hybridized carbons (Fsp3) is 0.263. The molecule has 1 fully saturated rings. The molecule has 0 atom stereocenters. The van der Waals surface area contributed by atoms with Crippen LogP contribution in [0.2, 0.25) is 15.1 Å². The Morgan fingerprint density at radius 1 is 0.889 bits per heavy atom. The average Bonchev–Trinajstić information content (AvgIpc) is 2.87. The van der Waals surface area contributed by atoms with Crippen molar-refractivity contribution < 1.29 is 14.5 Å². The molecular formula is C19H17Cl3N3O2+. The summed E-state index contributed by atoms with van der Waals surface area (Å²) >= 11 is 18.1. The summed E-state index contributed by atoms with van der Waals surface area (Å²) < 4.78 is 0. The number of quaternary nitrogens is 1. The standard InChI is InChI=1S/C19H16Cl3N3O2/c20-12-2-1-3-13(8-12)24-6-4-23(5-7-24)11-25-18(26)14-9-16(21)17(22)10-15(14)19(25)27/h1-3,8-10H,4-7,11H2/p+1. The molecule has 5 nitrogen and oxygen atoms in total. The third kappa shape index (κ3) is 3.52. The fourth-order valence-corrected chi connectivity index (χ4v) is 4.07. The van der Waals surface area contributed by atoms with Crippen LogP contribution >= 0.6 is 34.8 Å². The molecular weight excluding hydrogens is 409 g/mol. The van der Waals surface area contributed by atoms with Gasteiger partial charge in [0.2, 0.25) is 0 Å². The number of imide groups is 1. The summed E-state index contributed by atoms with van der Waals surface area (Å²) in [6.45, 7) is 3.64. The van der Waals surface area contributed by atoms with Crippen LogP contribution in [0.5, 0.6) is 0 Å². The summed E-state index contributed by atoms with van der Waals surface area (Å²) in [5.74, 6) is -0.614. The summed E-state index contributed by atoms with van der Waals surface area (Å²) in [5, 5.41) is 1.27. The van der Waals surface area contributed by atoms with Gasteiger partial charge in [0, 0.05) is 10.7 Å². The Hall–Kier alpha value is -1.79. The van der Waals surface area contributed by atoms with Gasteiger partial charge in [-0.15, -0.1) is 0 Å². The minimum absolute atomic E-state index is 0.279. The van der Waals surface area contributed by atoms with Crippen LogP contribution in [0, 0.1) is 0 Å². The topological polar surface area (TPSA) is 45.1 Å². The van der Waals surface area contributed by atoms with Crippen molar-refractivity contribution in [3.8, 4) is 0 Å². The van der Waals surface area contributed by atoms with Gasteiger partial charge in [-0.1, -0.05) is 40.9 Å². The Balaban J connectivity index is 1.42. The molecule has 1 saturated heterocycles. The number of nitrogens with one attached hydrogen (secondary N) is 1. The van der Waals surface area contributed by atoms with E-state index < -0.39 is 0 Å². The molecule has 2 heterocycles. The number of rotatable bonds is 3. The molecule has 2 aliphatic heterocycles. The molecule has 2 aromatic rings. The molecule has 4 rings (SSSR count). The van der Waals surface area contributed by atoms with Gasteiger partial charge >= 0.3 is 0 Å².